The molecule has 1 unspecified atom stereocenters. The van der Waals surface area contributed by atoms with Crippen molar-refractivity contribution in [3.63, 3.8) is 0 Å². The van der Waals surface area contributed by atoms with Crippen LogP contribution in [0.3, 0.4) is 0 Å². The third kappa shape index (κ3) is 6.60. The van der Waals surface area contributed by atoms with Crippen molar-refractivity contribution in [1.29, 1.82) is 0 Å². The van der Waals surface area contributed by atoms with Gasteiger partial charge in [-0.15, -0.1) is 0 Å². The molecule has 0 spiro atoms. The number of likely N-dealkylation sites (N-methyl/N-ethyl adjacent to an activating group) is 1. The van der Waals surface area contributed by atoms with Crippen molar-refractivity contribution >= 4 is 56.8 Å². The Labute approximate surface area is 284 Å². The van der Waals surface area contributed by atoms with Gasteiger partial charge in [-0.1, -0.05) is 18.2 Å². The maximum atomic E-state index is 13.3. The van der Waals surface area contributed by atoms with Crippen molar-refractivity contribution in [2.45, 2.75) is 37.3 Å². The maximum absolute atomic E-state index is 13.3. The highest BCUT2D eigenvalue weighted by Crippen LogP contribution is 2.33. The summed E-state index contributed by atoms with van der Waals surface area (Å²) in [7, 11) is 3.66. The summed E-state index contributed by atoms with van der Waals surface area (Å²) >= 11 is 3.38. The van der Waals surface area contributed by atoms with E-state index in [2.05, 4.69) is 54.2 Å². The molecule has 14 nitrogen and oxygen atoms in total. The Kier molecular flexibility index (Phi) is 9.42. The van der Waals surface area contributed by atoms with Crippen LogP contribution in [-0.4, -0.2) is 94.4 Å². The van der Waals surface area contributed by atoms with Gasteiger partial charge in [0.2, 0.25) is 11.8 Å². The van der Waals surface area contributed by atoms with Gasteiger partial charge in [-0.05, 0) is 71.6 Å². The number of imide groups is 2. The number of piperidine rings is 2. The average molecular weight is 720 g/mol. The van der Waals surface area contributed by atoms with Crippen molar-refractivity contribution < 1.29 is 24.0 Å². The number of benzene rings is 2. The van der Waals surface area contributed by atoms with E-state index in [1.165, 1.54) is 10.7 Å². The van der Waals surface area contributed by atoms with Gasteiger partial charge < -0.3 is 20.9 Å². The second-order valence-corrected chi connectivity index (χ2v) is 13.1. The van der Waals surface area contributed by atoms with Crippen LogP contribution in [0.2, 0.25) is 0 Å². The Hall–Kier alpha value is -4.89. The summed E-state index contributed by atoms with van der Waals surface area (Å²) in [5, 5.41) is 15.8. The number of nitrogens with one attached hydrogen (secondary N) is 4. The average Bonchev–Trinajstić information content (AvgIpc) is 3.32. The lowest BCUT2D eigenvalue weighted by Gasteiger charge is -2.37. The van der Waals surface area contributed by atoms with E-state index in [1.807, 2.05) is 12.1 Å². The Balaban J connectivity index is 1.03. The van der Waals surface area contributed by atoms with Gasteiger partial charge in [0.15, 0.2) is 0 Å². The zero-order valence-corrected chi connectivity index (χ0v) is 28.0. The smallest absolute Gasteiger partial charge is 0.282 e. The molecule has 15 heteroatoms. The molecule has 6 rings (SSSR count). The molecule has 250 valence electrons. The van der Waals surface area contributed by atoms with E-state index in [9.17, 15) is 28.8 Å². The quantitative estimate of drug-likeness (QED) is 0.188. The Morgan fingerprint density at radius 1 is 0.979 bits per heavy atom. The summed E-state index contributed by atoms with van der Waals surface area (Å²) in [6.07, 6.45) is 2.60. The molecule has 3 atom stereocenters. The van der Waals surface area contributed by atoms with Gasteiger partial charge in [-0.2, -0.15) is 5.10 Å². The topological polar surface area (TPSA) is 175 Å². The molecule has 0 saturated carbocycles. The lowest BCUT2D eigenvalue weighted by molar-refractivity contribution is -0.136. The van der Waals surface area contributed by atoms with E-state index < -0.39 is 29.7 Å². The van der Waals surface area contributed by atoms with Crippen molar-refractivity contribution in [3.8, 4) is 0 Å². The minimum absolute atomic E-state index is 0.0442. The monoisotopic (exact) mass is 718 g/mol. The van der Waals surface area contributed by atoms with Crippen molar-refractivity contribution in [1.82, 2.24) is 30.2 Å². The van der Waals surface area contributed by atoms with Crippen molar-refractivity contribution in [2.24, 2.45) is 7.05 Å². The van der Waals surface area contributed by atoms with Gasteiger partial charge in [0.05, 0.1) is 23.0 Å². The molecule has 3 aliphatic rings. The summed E-state index contributed by atoms with van der Waals surface area (Å²) in [5.41, 5.74) is 2.83. The molecule has 0 aliphatic carbocycles. The lowest BCUT2D eigenvalue weighted by atomic mass is 9.87. The van der Waals surface area contributed by atoms with Gasteiger partial charge >= 0.3 is 0 Å². The number of rotatable bonds is 9. The van der Waals surface area contributed by atoms with Crippen LogP contribution in [0.1, 0.15) is 61.8 Å². The second-order valence-electron chi connectivity index (χ2n) is 12.3. The maximum Gasteiger partial charge on any atom is 0.282 e. The van der Waals surface area contributed by atoms with Crippen LogP contribution in [-0.2, 0) is 16.6 Å². The van der Waals surface area contributed by atoms with Gasteiger partial charge in [-0.3, -0.25) is 39.0 Å². The molecular formula is C33H35BrN8O6. The van der Waals surface area contributed by atoms with E-state index in [0.717, 1.165) is 30.0 Å². The summed E-state index contributed by atoms with van der Waals surface area (Å²) in [4.78, 5) is 78.6. The summed E-state index contributed by atoms with van der Waals surface area (Å²) < 4.78 is 1.72. The van der Waals surface area contributed by atoms with Gasteiger partial charge in [0.25, 0.3) is 23.3 Å². The third-order valence-electron chi connectivity index (χ3n) is 8.91. The third-order valence-corrected chi connectivity index (χ3v) is 9.68. The summed E-state index contributed by atoms with van der Waals surface area (Å²) in [6.45, 7) is 2.19. The van der Waals surface area contributed by atoms with Crippen LogP contribution < -0.4 is 26.8 Å². The van der Waals surface area contributed by atoms with Crippen LogP contribution >= 0.6 is 15.9 Å². The lowest BCUT2D eigenvalue weighted by Crippen LogP contribution is -2.54. The van der Waals surface area contributed by atoms with E-state index in [4.69, 9.17) is 0 Å². The fourth-order valence-electron chi connectivity index (χ4n) is 6.54. The Morgan fingerprint density at radius 2 is 1.75 bits per heavy atom. The Bertz CT molecular complexity index is 1860. The molecule has 2 saturated heterocycles. The predicted molar refractivity (Wildman–Crippen MR) is 180 cm³/mol. The predicted octanol–water partition coefficient (Wildman–Crippen LogP) is 1.69. The van der Waals surface area contributed by atoms with Gasteiger partial charge in [0, 0.05) is 56.9 Å². The van der Waals surface area contributed by atoms with E-state index in [-0.39, 0.29) is 60.5 Å². The number of fused-ring (bicyclic) bond motifs is 1. The summed E-state index contributed by atoms with van der Waals surface area (Å²) in [6, 6.07) is 11.4. The number of aryl methyl sites for hydroxylation is 1. The first-order valence-corrected chi connectivity index (χ1v) is 16.4. The zero-order valence-electron chi connectivity index (χ0n) is 26.4. The van der Waals surface area contributed by atoms with Crippen LogP contribution in [0.4, 0.5) is 11.4 Å². The normalized spacial score (nSPS) is 21.1. The number of aromatic nitrogens is 2. The number of carbonyl (C=O) groups excluding carboxylic acids is 5. The van der Waals surface area contributed by atoms with Crippen LogP contribution in [0.15, 0.2) is 57.9 Å². The number of nitrogens with zero attached hydrogens (tertiary/aromatic N) is 4. The number of carbonyl (C=O) groups is 5. The van der Waals surface area contributed by atoms with E-state index in [0.29, 0.717) is 21.4 Å². The highest BCUT2D eigenvalue weighted by atomic mass is 79.9. The molecule has 4 N–H and O–H groups in total. The molecular weight excluding hydrogens is 684 g/mol. The largest absolute Gasteiger partial charge is 0.383 e. The molecule has 2 aromatic carbocycles. The van der Waals surface area contributed by atoms with Crippen molar-refractivity contribution in [2.75, 3.05) is 43.9 Å². The fraction of sp³-hybridized carbons (Fsp3) is 0.364. The number of hydrogen-bond donors (Lipinski definition) is 4. The SMILES string of the molecule is CN1C[C@@H](Nc2cnn(C)c(=O)c2Br)C[C@@H](c2ccc(C(=O)NCCNc3cccc4c3C(=O)N(C3CCC(=O)NC3=O)C4=O)cc2)C1. The van der Waals surface area contributed by atoms with E-state index >= 15 is 0 Å². The van der Waals surface area contributed by atoms with Gasteiger partial charge in [-0.25, -0.2) is 4.68 Å². The molecule has 48 heavy (non-hydrogen) atoms. The minimum Gasteiger partial charge on any atom is -0.383 e. The zero-order chi connectivity index (χ0) is 34.1. The molecule has 5 amide bonds. The van der Waals surface area contributed by atoms with E-state index in [1.54, 1.807) is 37.5 Å². The molecule has 0 bridgehead atoms. The minimum atomic E-state index is -1.04. The molecule has 3 aromatic rings. The second kappa shape index (κ2) is 13.7. The first kappa shape index (κ1) is 33.0. The molecule has 3 aliphatic heterocycles. The Morgan fingerprint density at radius 3 is 2.50 bits per heavy atom. The highest BCUT2D eigenvalue weighted by Gasteiger charge is 2.45. The first-order valence-electron chi connectivity index (χ1n) is 15.6. The number of amides is 5. The number of halogens is 1. The molecule has 2 fully saturated rings. The molecule has 4 heterocycles. The van der Waals surface area contributed by atoms with Gasteiger partial charge in [0.1, 0.15) is 10.5 Å². The molecule has 0 radical (unpaired) electrons. The number of anilines is 2. The summed E-state index contributed by atoms with van der Waals surface area (Å²) in [5.74, 6) is -2.31. The van der Waals surface area contributed by atoms with Crippen molar-refractivity contribution in [3.05, 3.63) is 85.7 Å². The van der Waals surface area contributed by atoms with Crippen LogP contribution in [0.25, 0.3) is 0 Å². The highest BCUT2D eigenvalue weighted by molar-refractivity contribution is 9.10. The molecule has 1 aromatic heterocycles. The first-order chi connectivity index (χ1) is 23.0. The van der Waals surface area contributed by atoms with Crippen LogP contribution in [0.5, 0.6) is 0 Å². The number of likely N-dealkylation sites (tertiary alicyclic amines) is 1. The number of hydrogen-bond acceptors (Lipinski definition) is 10. The fourth-order valence-corrected chi connectivity index (χ4v) is 7.01. The van der Waals surface area contributed by atoms with Crippen LogP contribution in [0, 0.1) is 0 Å². The standard InChI is InChI=1S/C33H35BrN8O6/c1-40-16-20(14-21(17-40)38-24-15-37-41(2)33(48)28(24)34)18-6-8-19(9-7-18)29(44)36-13-12-35-23-5-3-4-22-27(23)32(47)42(31(22)46)25-10-11-26(43)39-30(25)45/h3-9,15,20-21,25,35,38H,10-14,16-17H2,1-2H3,(H,36,44)(H,39,43,45)/t20-,21+,25?/m1/s1.